The summed E-state index contributed by atoms with van der Waals surface area (Å²) in [6.45, 7) is 4.69. The summed E-state index contributed by atoms with van der Waals surface area (Å²) in [5.41, 5.74) is -0.397. The molecule has 3 unspecified atom stereocenters. The number of fused-ring (bicyclic) bond motifs is 1. The number of rotatable bonds is 4. The first-order chi connectivity index (χ1) is 8.70. The number of nitriles is 1. The van der Waals surface area contributed by atoms with Crippen LogP contribution in [0.5, 0.6) is 0 Å². The number of morpholine rings is 1. The Morgan fingerprint density at radius 2 is 2.22 bits per heavy atom. The van der Waals surface area contributed by atoms with Gasteiger partial charge in [-0.1, -0.05) is 0 Å². The average molecular weight is 249 g/mol. The van der Waals surface area contributed by atoms with Gasteiger partial charge in [0.15, 0.2) is 0 Å². The summed E-state index contributed by atoms with van der Waals surface area (Å²) in [4.78, 5) is 2.49. The van der Waals surface area contributed by atoms with E-state index in [2.05, 4.69) is 16.3 Å². The lowest BCUT2D eigenvalue weighted by Crippen LogP contribution is -2.57. The summed E-state index contributed by atoms with van der Waals surface area (Å²) in [6.07, 6.45) is 6.57. The Bertz CT molecular complexity index is 349. The smallest absolute Gasteiger partial charge is 0.116 e. The predicted molar refractivity (Wildman–Crippen MR) is 69.1 cm³/mol. The Balaban J connectivity index is 1.64. The fourth-order valence-electron chi connectivity index (χ4n) is 3.40. The molecular weight excluding hydrogens is 226 g/mol. The maximum absolute atomic E-state index is 9.46. The number of ether oxygens (including phenoxy) is 1. The molecule has 2 aliphatic carbocycles. The average Bonchev–Trinajstić information content (AvgIpc) is 3.03. The molecule has 0 aromatic carbocycles. The predicted octanol–water partition coefficient (Wildman–Crippen LogP) is 1.27. The van der Waals surface area contributed by atoms with E-state index in [1.165, 1.54) is 32.1 Å². The Morgan fingerprint density at radius 1 is 1.39 bits per heavy atom. The van der Waals surface area contributed by atoms with E-state index in [4.69, 9.17) is 4.74 Å². The quantitative estimate of drug-likeness (QED) is 0.815. The second kappa shape index (κ2) is 4.80. The summed E-state index contributed by atoms with van der Waals surface area (Å²) < 4.78 is 5.83. The van der Waals surface area contributed by atoms with Gasteiger partial charge in [-0.25, -0.2) is 0 Å². The molecule has 0 aromatic rings. The van der Waals surface area contributed by atoms with Gasteiger partial charge in [-0.15, -0.1) is 0 Å². The lowest BCUT2D eigenvalue weighted by molar-refractivity contribution is -0.0604. The Labute approximate surface area is 109 Å². The molecule has 2 saturated carbocycles. The molecule has 4 heteroatoms. The molecule has 1 N–H and O–H groups in total. The zero-order valence-electron chi connectivity index (χ0n) is 11.2. The third-order valence-corrected chi connectivity index (χ3v) is 4.46. The van der Waals surface area contributed by atoms with Gasteiger partial charge in [-0.2, -0.15) is 5.26 Å². The molecule has 1 aliphatic heterocycles. The number of hydrogen-bond acceptors (Lipinski definition) is 4. The summed E-state index contributed by atoms with van der Waals surface area (Å²) in [6, 6.07) is 3.61. The number of nitrogens with zero attached hydrogens (tertiary/aromatic N) is 2. The van der Waals surface area contributed by atoms with Crippen LogP contribution in [0.2, 0.25) is 0 Å². The van der Waals surface area contributed by atoms with Crippen LogP contribution in [0.1, 0.15) is 39.0 Å². The lowest BCUT2D eigenvalue weighted by Gasteiger charge is -2.41. The number of hydrogen-bond donors (Lipinski definition) is 1. The highest BCUT2D eigenvalue weighted by Gasteiger charge is 2.40. The van der Waals surface area contributed by atoms with Gasteiger partial charge in [0.2, 0.25) is 0 Å². The Kier molecular flexibility index (Phi) is 3.31. The van der Waals surface area contributed by atoms with Crippen molar-refractivity contribution in [2.45, 2.75) is 62.8 Å². The molecule has 3 fully saturated rings. The van der Waals surface area contributed by atoms with E-state index >= 15 is 0 Å². The van der Waals surface area contributed by atoms with E-state index in [0.717, 1.165) is 19.7 Å². The van der Waals surface area contributed by atoms with Gasteiger partial charge in [0, 0.05) is 25.2 Å². The first-order valence-corrected chi connectivity index (χ1v) is 7.25. The zero-order valence-corrected chi connectivity index (χ0v) is 11.2. The second-order valence-corrected chi connectivity index (χ2v) is 6.24. The molecule has 3 atom stereocenters. The standard InChI is InChI=1S/C14H23N3O/c1-14(9-15,16-11-5-6-11)10-17-7-8-18-13-4-2-3-12(13)17/h11-13,16H,2-8,10H2,1H3. The van der Waals surface area contributed by atoms with Crippen molar-refractivity contribution in [3.05, 3.63) is 0 Å². The van der Waals surface area contributed by atoms with Crippen LogP contribution in [0.25, 0.3) is 0 Å². The fraction of sp³-hybridized carbons (Fsp3) is 0.929. The van der Waals surface area contributed by atoms with Crippen LogP contribution in [0, 0.1) is 11.3 Å². The first-order valence-electron chi connectivity index (χ1n) is 7.25. The van der Waals surface area contributed by atoms with E-state index in [0.29, 0.717) is 18.2 Å². The minimum Gasteiger partial charge on any atom is -0.375 e. The highest BCUT2D eigenvalue weighted by atomic mass is 16.5. The van der Waals surface area contributed by atoms with Gasteiger partial charge < -0.3 is 4.74 Å². The molecule has 0 aromatic heterocycles. The van der Waals surface area contributed by atoms with E-state index in [1.54, 1.807) is 0 Å². The van der Waals surface area contributed by atoms with Crippen molar-refractivity contribution in [3.63, 3.8) is 0 Å². The van der Waals surface area contributed by atoms with Crippen LogP contribution < -0.4 is 5.32 Å². The SMILES string of the molecule is CC(C#N)(CN1CCOC2CCCC21)NC1CC1. The molecule has 0 spiro atoms. The highest BCUT2D eigenvalue weighted by molar-refractivity contribution is 5.10. The first kappa shape index (κ1) is 12.4. The minimum absolute atomic E-state index is 0.397. The van der Waals surface area contributed by atoms with Crippen LogP contribution in [-0.4, -0.2) is 48.3 Å². The Hall–Kier alpha value is -0.630. The fourth-order valence-corrected chi connectivity index (χ4v) is 3.40. The molecule has 0 bridgehead atoms. The van der Waals surface area contributed by atoms with Gasteiger partial charge in [0.1, 0.15) is 5.54 Å². The van der Waals surface area contributed by atoms with Crippen molar-refractivity contribution >= 4 is 0 Å². The van der Waals surface area contributed by atoms with Crippen molar-refractivity contribution in [1.82, 2.24) is 10.2 Å². The van der Waals surface area contributed by atoms with Gasteiger partial charge in [-0.05, 0) is 39.0 Å². The van der Waals surface area contributed by atoms with Crippen molar-refractivity contribution in [2.24, 2.45) is 0 Å². The zero-order chi connectivity index (χ0) is 12.6. The molecule has 1 saturated heterocycles. The van der Waals surface area contributed by atoms with Crippen LogP contribution in [-0.2, 0) is 4.74 Å². The summed E-state index contributed by atoms with van der Waals surface area (Å²) >= 11 is 0. The third kappa shape index (κ3) is 2.54. The monoisotopic (exact) mass is 249 g/mol. The minimum atomic E-state index is -0.397. The van der Waals surface area contributed by atoms with Crippen LogP contribution in [0.3, 0.4) is 0 Å². The second-order valence-electron chi connectivity index (χ2n) is 6.24. The van der Waals surface area contributed by atoms with Crippen LogP contribution in [0.15, 0.2) is 0 Å². The van der Waals surface area contributed by atoms with Gasteiger partial charge in [0.05, 0.1) is 18.8 Å². The molecule has 18 heavy (non-hydrogen) atoms. The normalized spacial score (nSPS) is 35.8. The molecule has 100 valence electrons. The molecule has 0 radical (unpaired) electrons. The maximum Gasteiger partial charge on any atom is 0.116 e. The van der Waals surface area contributed by atoms with Gasteiger partial charge >= 0.3 is 0 Å². The van der Waals surface area contributed by atoms with Crippen molar-refractivity contribution < 1.29 is 4.74 Å². The molecule has 3 aliphatic rings. The largest absolute Gasteiger partial charge is 0.375 e. The van der Waals surface area contributed by atoms with E-state index in [1.807, 2.05) is 6.92 Å². The molecule has 3 rings (SSSR count). The number of nitrogens with one attached hydrogen (secondary N) is 1. The Morgan fingerprint density at radius 3 is 2.94 bits per heavy atom. The van der Waals surface area contributed by atoms with Crippen molar-refractivity contribution in [2.75, 3.05) is 19.7 Å². The van der Waals surface area contributed by atoms with Crippen molar-refractivity contribution in [1.29, 1.82) is 5.26 Å². The van der Waals surface area contributed by atoms with E-state index in [-0.39, 0.29) is 0 Å². The summed E-state index contributed by atoms with van der Waals surface area (Å²) in [7, 11) is 0. The lowest BCUT2D eigenvalue weighted by atomic mass is 10.0. The van der Waals surface area contributed by atoms with Gasteiger partial charge in [0.25, 0.3) is 0 Å². The molecule has 1 heterocycles. The third-order valence-electron chi connectivity index (χ3n) is 4.46. The topological polar surface area (TPSA) is 48.3 Å². The molecule has 0 amide bonds. The van der Waals surface area contributed by atoms with Crippen LogP contribution >= 0.6 is 0 Å². The molecule has 4 nitrogen and oxygen atoms in total. The van der Waals surface area contributed by atoms with Crippen molar-refractivity contribution in [3.8, 4) is 6.07 Å². The summed E-state index contributed by atoms with van der Waals surface area (Å²) in [5, 5.41) is 13.0. The van der Waals surface area contributed by atoms with Gasteiger partial charge in [-0.3, -0.25) is 10.2 Å². The summed E-state index contributed by atoms with van der Waals surface area (Å²) in [5.74, 6) is 0. The highest BCUT2D eigenvalue weighted by Crippen LogP contribution is 2.31. The maximum atomic E-state index is 9.46. The molecular formula is C14H23N3O. The van der Waals surface area contributed by atoms with E-state index in [9.17, 15) is 5.26 Å². The van der Waals surface area contributed by atoms with E-state index < -0.39 is 5.54 Å². The van der Waals surface area contributed by atoms with Crippen LogP contribution in [0.4, 0.5) is 0 Å².